The van der Waals surface area contributed by atoms with Crippen molar-refractivity contribution in [2.45, 2.75) is 45.1 Å². The van der Waals surface area contributed by atoms with E-state index < -0.39 is 0 Å². The van der Waals surface area contributed by atoms with Crippen molar-refractivity contribution < 1.29 is 0 Å². The summed E-state index contributed by atoms with van der Waals surface area (Å²) in [5.41, 5.74) is 0. The molecular weight excluding hydrogens is 134 g/mol. The van der Waals surface area contributed by atoms with Crippen LogP contribution in [0, 0.1) is 11.8 Å². The quantitative estimate of drug-likeness (QED) is 0.655. The molecule has 0 amide bonds. The molecule has 0 aliphatic heterocycles. The van der Waals surface area contributed by atoms with Gasteiger partial charge in [0, 0.05) is 6.04 Å². The summed E-state index contributed by atoms with van der Waals surface area (Å²) in [5.74, 6) is 1.99. The minimum absolute atomic E-state index is 0.885. The van der Waals surface area contributed by atoms with Crippen LogP contribution in [-0.4, -0.2) is 12.6 Å². The molecule has 2 aliphatic rings. The number of rotatable bonds is 3. The van der Waals surface area contributed by atoms with Crippen LogP contribution < -0.4 is 5.32 Å². The van der Waals surface area contributed by atoms with E-state index in [1.165, 1.54) is 38.6 Å². The van der Waals surface area contributed by atoms with Crippen LogP contribution in [0.5, 0.6) is 0 Å². The van der Waals surface area contributed by atoms with Crippen LogP contribution in [0.25, 0.3) is 0 Å². The highest BCUT2D eigenvalue weighted by Gasteiger charge is 2.32. The van der Waals surface area contributed by atoms with Crippen molar-refractivity contribution in [3.8, 4) is 0 Å². The monoisotopic (exact) mass is 153 g/mol. The molecule has 0 aromatic heterocycles. The molecule has 1 heteroatoms. The molecule has 0 aromatic carbocycles. The van der Waals surface area contributed by atoms with E-state index in [0.29, 0.717) is 0 Å². The van der Waals surface area contributed by atoms with Gasteiger partial charge >= 0.3 is 0 Å². The van der Waals surface area contributed by atoms with Crippen LogP contribution in [0.4, 0.5) is 0 Å². The number of hydrogen-bond acceptors (Lipinski definition) is 1. The molecule has 2 unspecified atom stereocenters. The standard InChI is InChI=1S/C10H19N/c1-8-6-10(8)11-7-9-4-2-3-5-9/h8-11H,2-7H2,1H3. The molecule has 1 nitrogen and oxygen atoms in total. The Balaban J connectivity index is 1.59. The fraction of sp³-hybridized carbons (Fsp3) is 1.00. The Morgan fingerprint density at radius 3 is 2.45 bits per heavy atom. The molecule has 2 rings (SSSR count). The smallest absolute Gasteiger partial charge is 0.00965 e. The Hall–Kier alpha value is -0.0400. The molecule has 0 bridgehead atoms. The van der Waals surface area contributed by atoms with Crippen molar-refractivity contribution >= 4 is 0 Å². The van der Waals surface area contributed by atoms with Crippen molar-refractivity contribution in [2.24, 2.45) is 11.8 Å². The first-order chi connectivity index (χ1) is 5.36. The van der Waals surface area contributed by atoms with Gasteiger partial charge in [-0.1, -0.05) is 19.8 Å². The van der Waals surface area contributed by atoms with Gasteiger partial charge in [0.1, 0.15) is 0 Å². The minimum Gasteiger partial charge on any atom is -0.313 e. The molecule has 2 fully saturated rings. The van der Waals surface area contributed by atoms with Gasteiger partial charge in [0.2, 0.25) is 0 Å². The Labute approximate surface area is 69.6 Å². The van der Waals surface area contributed by atoms with Gasteiger partial charge in [-0.2, -0.15) is 0 Å². The molecule has 2 atom stereocenters. The summed E-state index contributed by atoms with van der Waals surface area (Å²) in [7, 11) is 0. The van der Waals surface area contributed by atoms with E-state index in [9.17, 15) is 0 Å². The lowest BCUT2D eigenvalue weighted by Gasteiger charge is -2.09. The zero-order chi connectivity index (χ0) is 7.68. The van der Waals surface area contributed by atoms with Crippen LogP contribution in [0.3, 0.4) is 0 Å². The number of hydrogen-bond donors (Lipinski definition) is 1. The second-order valence-electron chi connectivity index (χ2n) is 4.38. The summed E-state index contributed by atoms with van der Waals surface area (Å²) < 4.78 is 0. The molecule has 0 heterocycles. The van der Waals surface area contributed by atoms with Gasteiger partial charge in [-0.05, 0) is 37.6 Å². The third-order valence-corrected chi connectivity index (χ3v) is 3.25. The molecule has 0 radical (unpaired) electrons. The van der Waals surface area contributed by atoms with Crippen LogP contribution in [0.15, 0.2) is 0 Å². The van der Waals surface area contributed by atoms with E-state index in [0.717, 1.165) is 17.9 Å². The van der Waals surface area contributed by atoms with Crippen LogP contribution in [0.1, 0.15) is 39.0 Å². The van der Waals surface area contributed by atoms with Gasteiger partial charge in [0.05, 0.1) is 0 Å². The Bertz CT molecular complexity index is 127. The van der Waals surface area contributed by atoms with Gasteiger partial charge in [0.15, 0.2) is 0 Å². The largest absolute Gasteiger partial charge is 0.313 e. The average Bonchev–Trinajstić information content (AvgIpc) is 2.55. The fourth-order valence-electron chi connectivity index (χ4n) is 2.14. The summed E-state index contributed by atoms with van der Waals surface area (Å²) >= 11 is 0. The molecule has 0 spiro atoms. The van der Waals surface area contributed by atoms with Crippen LogP contribution in [-0.2, 0) is 0 Å². The second-order valence-corrected chi connectivity index (χ2v) is 4.38. The Morgan fingerprint density at radius 2 is 1.91 bits per heavy atom. The van der Waals surface area contributed by atoms with Crippen LogP contribution >= 0.6 is 0 Å². The first-order valence-corrected chi connectivity index (χ1v) is 5.09. The maximum absolute atomic E-state index is 3.65. The third kappa shape index (κ3) is 1.96. The first kappa shape index (κ1) is 7.60. The maximum atomic E-state index is 3.65. The molecule has 2 aliphatic carbocycles. The highest BCUT2D eigenvalue weighted by Crippen LogP contribution is 2.30. The van der Waals surface area contributed by atoms with E-state index in [4.69, 9.17) is 0 Å². The zero-order valence-electron chi connectivity index (χ0n) is 7.47. The third-order valence-electron chi connectivity index (χ3n) is 3.25. The molecule has 11 heavy (non-hydrogen) atoms. The summed E-state index contributed by atoms with van der Waals surface area (Å²) in [6, 6.07) is 0.885. The summed E-state index contributed by atoms with van der Waals surface area (Å²) in [5, 5.41) is 3.65. The van der Waals surface area contributed by atoms with Crippen LogP contribution in [0.2, 0.25) is 0 Å². The van der Waals surface area contributed by atoms with E-state index in [1.54, 1.807) is 0 Å². The minimum atomic E-state index is 0.885. The van der Waals surface area contributed by atoms with E-state index >= 15 is 0 Å². The second kappa shape index (κ2) is 3.14. The summed E-state index contributed by atoms with van der Waals surface area (Å²) in [6.45, 7) is 3.64. The van der Waals surface area contributed by atoms with Crippen molar-refractivity contribution in [1.82, 2.24) is 5.32 Å². The fourth-order valence-corrected chi connectivity index (χ4v) is 2.14. The molecule has 1 N–H and O–H groups in total. The molecular formula is C10H19N. The first-order valence-electron chi connectivity index (χ1n) is 5.09. The van der Waals surface area contributed by atoms with Gasteiger partial charge in [0.25, 0.3) is 0 Å². The lowest BCUT2D eigenvalue weighted by atomic mass is 10.1. The molecule has 0 saturated heterocycles. The predicted molar refractivity (Wildman–Crippen MR) is 47.5 cm³/mol. The van der Waals surface area contributed by atoms with Crippen molar-refractivity contribution in [2.75, 3.05) is 6.54 Å². The Kier molecular flexibility index (Phi) is 2.17. The molecule has 0 aromatic rings. The average molecular weight is 153 g/mol. The molecule has 64 valence electrons. The normalized spacial score (nSPS) is 37.9. The zero-order valence-corrected chi connectivity index (χ0v) is 7.47. The highest BCUT2D eigenvalue weighted by atomic mass is 15.0. The van der Waals surface area contributed by atoms with Gasteiger partial charge in [-0.15, -0.1) is 0 Å². The Morgan fingerprint density at radius 1 is 1.27 bits per heavy atom. The lowest BCUT2D eigenvalue weighted by Crippen LogP contribution is -2.24. The lowest BCUT2D eigenvalue weighted by molar-refractivity contribution is 0.481. The number of nitrogens with one attached hydrogen (secondary N) is 1. The predicted octanol–water partition coefficient (Wildman–Crippen LogP) is 2.17. The SMILES string of the molecule is CC1CC1NCC1CCCC1. The van der Waals surface area contributed by atoms with Gasteiger partial charge in [-0.3, -0.25) is 0 Å². The van der Waals surface area contributed by atoms with E-state index in [-0.39, 0.29) is 0 Å². The van der Waals surface area contributed by atoms with Crippen molar-refractivity contribution in [3.63, 3.8) is 0 Å². The van der Waals surface area contributed by atoms with E-state index in [2.05, 4.69) is 12.2 Å². The highest BCUT2D eigenvalue weighted by molar-refractivity contribution is 4.90. The topological polar surface area (TPSA) is 12.0 Å². The summed E-state index contributed by atoms with van der Waals surface area (Å²) in [4.78, 5) is 0. The van der Waals surface area contributed by atoms with E-state index in [1.807, 2.05) is 0 Å². The van der Waals surface area contributed by atoms with Crippen molar-refractivity contribution in [1.29, 1.82) is 0 Å². The van der Waals surface area contributed by atoms with Gasteiger partial charge < -0.3 is 5.32 Å². The van der Waals surface area contributed by atoms with Gasteiger partial charge in [-0.25, -0.2) is 0 Å². The maximum Gasteiger partial charge on any atom is 0.00965 e. The van der Waals surface area contributed by atoms with Crippen molar-refractivity contribution in [3.05, 3.63) is 0 Å². The summed E-state index contributed by atoms with van der Waals surface area (Å²) in [6.07, 6.45) is 7.34. The molecule has 2 saturated carbocycles.